The summed E-state index contributed by atoms with van der Waals surface area (Å²) in [6.07, 6.45) is 0. The second-order valence-corrected chi connectivity index (χ2v) is 17.4. The number of hydrogen-bond donors (Lipinski definition) is 0. The number of pyridine rings is 1. The Kier molecular flexibility index (Phi) is 9.76. The molecule has 0 radical (unpaired) electrons. The van der Waals surface area contributed by atoms with Crippen LogP contribution >= 0.6 is 0 Å². The highest BCUT2D eigenvalue weighted by molar-refractivity contribution is 6.29. The first-order chi connectivity index (χ1) is 34.2. The monoisotopic (exact) mass is 879 g/mol. The summed E-state index contributed by atoms with van der Waals surface area (Å²) >= 11 is 0. The molecule has 3 heterocycles. The van der Waals surface area contributed by atoms with E-state index in [1.54, 1.807) is 0 Å². The number of fused-ring (bicyclic) bond motifs is 7. The molecular weight excluding hydrogens is 839 g/mol. The van der Waals surface area contributed by atoms with Crippen molar-refractivity contribution < 1.29 is 0 Å². The van der Waals surface area contributed by atoms with Gasteiger partial charge in [0.2, 0.25) is 0 Å². The topological polar surface area (TPSA) is 56.5 Å². The zero-order chi connectivity index (χ0) is 45.7. The lowest BCUT2D eigenvalue weighted by Gasteiger charge is -2.12. The summed E-state index contributed by atoms with van der Waals surface area (Å²) in [5, 5.41) is 5.91. The molecule has 0 saturated heterocycles. The van der Waals surface area contributed by atoms with E-state index in [1.807, 2.05) is 36.4 Å². The highest BCUT2D eigenvalue weighted by atomic mass is 15.0. The fourth-order valence-corrected chi connectivity index (χ4v) is 9.91. The third-order valence-electron chi connectivity index (χ3n) is 13.2. The van der Waals surface area contributed by atoms with Gasteiger partial charge in [0, 0.05) is 54.9 Å². The summed E-state index contributed by atoms with van der Waals surface area (Å²) in [5.41, 5.74) is 16.0. The predicted molar refractivity (Wildman–Crippen MR) is 285 cm³/mol. The molecule has 13 aromatic rings. The van der Waals surface area contributed by atoms with Gasteiger partial charge in [-0.1, -0.05) is 200 Å². The summed E-state index contributed by atoms with van der Waals surface area (Å²) in [6, 6.07) is 87.6. The van der Waals surface area contributed by atoms with E-state index >= 15 is 0 Å². The molecule has 10 aromatic carbocycles. The highest BCUT2D eigenvalue weighted by Gasteiger charge is 2.21. The molecule has 0 atom stereocenters. The standard InChI is InChI=1S/C64H41N5/c1-5-17-42(18-6-1)47-23-15-25-50(39-47)63-66-62(46-21-9-3-10-22-46)67-64(68-63)51-26-16-24-48(40-51)43-31-33-44(34-32-43)49-35-37-57-55(41-49)60-58(69(57)52-27-11-4-12-28-52)38-36-54-59(60)53-29-13-14-30-56(53)65-61(54)45-19-7-2-8-20-45/h1-41H. The lowest BCUT2D eigenvalue weighted by atomic mass is 9.95. The minimum absolute atomic E-state index is 0.623. The number of benzene rings is 10. The summed E-state index contributed by atoms with van der Waals surface area (Å²) in [4.78, 5) is 20.5. The maximum atomic E-state index is 5.27. The molecule has 3 aromatic heterocycles. The highest BCUT2D eigenvalue weighted by Crippen LogP contribution is 2.43. The molecule has 0 aliphatic rings. The van der Waals surface area contributed by atoms with Crippen LogP contribution in [-0.4, -0.2) is 24.5 Å². The molecule has 0 unspecified atom stereocenters. The van der Waals surface area contributed by atoms with Crippen molar-refractivity contribution in [2.24, 2.45) is 0 Å². The van der Waals surface area contributed by atoms with Crippen molar-refractivity contribution in [2.45, 2.75) is 0 Å². The molecule has 0 spiro atoms. The average Bonchev–Trinajstić information content (AvgIpc) is 3.77. The van der Waals surface area contributed by atoms with Crippen molar-refractivity contribution in [1.82, 2.24) is 24.5 Å². The van der Waals surface area contributed by atoms with Crippen LogP contribution in [0, 0.1) is 0 Å². The molecular formula is C64H41N5. The Morgan fingerprint density at radius 3 is 1.32 bits per heavy atom. The average molecular weight is 880 g/mol. The van der Waals surface area contributed by atoms with Crippen LogP contribution in [0.3, 0.4) is 0 Å². The van der Waals surface area contributed by atoms with Gasteiger partial charge in [-0.15, -0.1) is 0 Å². The quantitative estimate of drug-likeness (QED) is 0.143. The molecule has 5 heteroatoms. The lowest BCUT2D eigenvalue weighted by molar-refractivity contribution is 1.07. The minimum atomic E-state index is 0.623. The van der Waals surface area contributed by atoms with Crippen LogP contribution in [0.25, 0.3) is 128 Å². The van der Waals surface area contributed by atoms with Crippen LogP contribution in [0.1, 0.15) is 0 Å². The van der Waals surface area contributed by atoms with Crippen LogP contribution in [0.4, 0.5) is 0 Å². The van der Waals surface area contributed by atoms with Gasteiger partial charge >= 0.3 is 0 Å². The van der Waals surface area contributed by atoms with E-state index in [4.69, 9.17) is 19.9 Å². The van der Waals surface area contributed by atoms with Crippen molar-refractivity contribution in [2.75, 3.05) is 0 Å². The van der Waals surface area contributed by atoms with Gasteiger partial charge in [-0.25, -0.2) is 19.9 Å². The number of para-hydroxylation sites is 2. The first-order valence-electron chi connectivity index (χ1n) is 23.3. The van der Waals surface area contributed by atoms with E-state index in [0.717, 1.165) is 94.3 Å². The Balaban J connectivity index is 0.915. The van der Waals surface area contributed by atoms with Gasteiger partial charge < -0.3 is 4.57 Å². The maximum absolute atomic E-state index is 5.27. The van der Waals surface area contributed by atoms with Gasteiger partial charge in [0.25, 0.3) is 0 Å². The zero-order valence-electron chi connectivity index (χ0n) is 37.4. The van der Waals surface area contributed by atoms with Crippen molar-refractivity contribution >= 4 is 43.5 Å². The Labute approximate surface area is 399 Å². The third-order valence-corrected chi connectivity index (χ3v) is 13.2. The van der Waals surface area contributed by atoms with Crippen LogP contribution in [-0.2, 0) is 0 Å². The van der Waals surface area contributed by atoms with Crippen molar-refractivity contribution in [3.05, 3.63) is 249 Å². The van der Waals surface area contributed by atoms with Gasteiger partial charge in [0.05, 0.1) is 22.2 Å². The van der Waals surface area contributed by atoms with Crippen LogP contribution in [0.5, 0.6) is 0 Å². The van der Waals surface area contributed by atoms with E-state index in [9.17, 15) is 0 Å². The molecule has 0 saturated carbocycles. The first-order valence-corrected chi connectivity index (χ1v) is 23.3. The molecule has 0 fully saturated rings. The third kappa shape index (κ3) is 7.21. The Hall–Kier alpha value is -9.32. The molecule has 13 rings (SSSR count). The second kappa shape index (κ2) is 16.8. The van der Waals surface area contributed by atoms with E-state index in [-0.39, 0.29) is 0 Å². The number of rotatable bonds is 8. The van der Waals surface area contributed by atoms with Gasteiger partial charge in [-0.05, 0) is 81.9 Å². The molecule has 0 amide bonds. The van der Waals surface area contributed by atoms with Gasteiger partial charge in [0.15, 0.2) is 17.5 Å². The van der Waals surface area contributed by atoms with E-state index < -0.39 is 0 Å². The fourth-order valence-electron chi connectivity index (χ4n) is 9.91. The number of hydrogen-bond acceptors (Lipinski definition) is 4. The molecule has 0 aliphatic heterocycles. The lowest BCUT2D eigenvalue weighted by Crippen LogP contribution is -2.00. The van der Waals surface area contributed by atoms with Crippen LogP contribution < -0.4 is 0 Å². The number of nitrogens with zero attached hydrogens (tertiary/aromatic N) is 5. The summed E-state index contributed by atoms with van der Waals surface area (Å²) in [6.45, 7) is 0. The zero-order valence-corrected chi connectivity index (χ0v) is 37.4. The summed E-state index contributed by atoms with van der Waals surface area (Å²) in [5.74, 6) is 1.89. The molecule has 0 N–H and O–H groups in total. The molecule has 69 heavy (non-hydrogen) atoms. The van der Waals surface area contributed by atoms with Gasteiger partial charge in [0.1, 0.15) is 0 Å². The Morgan fingerprint density at radius 2 is 0.696 bits per heavy atom. The van der Waals surface area contributed by atoms with Crippen molar-refractivity contribution in [3.63, 3.8) is 0 Å². The Bertz CT molecular complexity index is 4040. The molecule has 5 nitrogen and oxygen atoms in total. The van der Waals surface area contributed by atoms with E-state index in [0.29, 0.717) is 17.5 Å². The minimum Gasteiger partial charge on any atom is -0.309 e. The van der Waals surface area contributed by atoms with Crippen molar-refractivity contribution in [3.8, 4) is 84.5 Å². The summed E-state index contributed by atoms with van der Waals surface area (Å²) in [7, 11) is 0. The smallest absolute Gasteiger partial charge is 0.164 e. The molecule has 322 valence electrons. The van der Waals surface area contributed by atoms with Gasteiger partial charge in [-0.2, -0.15) is 0 Å². The Morgan fingerprint density at radius 1 is 0.246 bits per heavy atom. The second-order valence-electron chi connectivity index (χ2n) is 17.4. The maximum Gasteiger partial charge on any atom is 0.164 e. The number of aromatic nitrogens is 5. The molecule has 0 bridgehead atoms. The first kappa shape index (κ1) is 40.0. The van der Waals surface area contributed by atoms with Crippen LogP contribution in [0.2, 0.25) is 0 Å². The SMILES string of the molecule is c1ccc(-c2cccc(-c3nc(-c4ccccc4)nc(-c4cccc(-c5ccc(-c6ccc7c(c6)c6c8c(ccc6n7-c6ccccc6)c(-c6ccccc6)nc6ccccc68)cc5)c4)n3)c2)cc1. The van der Waals surface area contributed by atoms with Gasteiger partial charge in [-0.3, -0.25) is 0 Å². The van der Waals surface area contributed by atoms with E-state index in [2.05, 4.69) is 217 Å². The van der Waals surface area contributed by atoms with E-state index in [1.165, 1.54) is 16.2 Å². The largest absolute Gasteiger partial charge is 0.309 e. The predicted octanol–water partition coefficient (Wildman–Crippen LogP) is 16.3. The summed E-state index contributed by atoms with van der Waals surface area (Å²) < 4.78 is 2.40. The van der Waals surface area contributed by atoms with Crippen LogP contribution in [0.15, 0.2) is 249 Å². The molecule has 0 aliphatic carbocycles. The fraction of sp³-hybridized carbons (Fsp3) is 0. The van der Waals surface area contributed by atoms with Crippen molar-refractivity contribution in [1.29, 1.82) is 0 Å². The normalized spacial score (nSPS) is 11.5.